The standard InChI is InChI=1S/C12H11ClN6/c13-7-1-2-9-10(3-7)19-6-15-18-12(19)11(17-9)16-8-4-14-5-8/h1-3,6,8,14H,4-5H2,(H,16,17). The minimum atomic E-state index is 0.401. The predicted octanol–water partition coefficient (Wildman–Crippen LogP) is 1.31. The summed E-state index contributed by atoms with van der Waals surface area (Å²) >= 11 is 6.04. The van der Waals surface area contributed by atoms with E-state index in [4.69, 9.17) is 11.6 Å². The molecule has 1 aromatic carbocycles. The van der Waals surface area contributed by atoms with E-state index < -0.39 is 0 Å². The molecule has 3 aromatic rings. The van der Waals surface area contributed by atoms with E-state index in [0.717, 1.165) is 35.6 Å². The van der Waals surface area contributed by atoms with Crippen LogP contribution in [0.5, 0.6) is 0 Å². The lowest BCUT2D eigenvalue weighted by molar-refractivity contribution is 0.471. The third-order valence-corrected chi connectivity index (χ3v) is 3.55. The van der Waals surface area contributed by atoms with E-state index in [-0.39, 0.29) is 0 Å². The Morgan fingerprint density at radius 3 is 3.05 bits per heavy atom. The lowest BCUT2D eigenvalue weighted by atomic mass is 10.2. The van der Waals surface area contributed by atoms with Gasteiger partial charge in [-0.15, -0.1) is 10.2 Å². The zero-order valence-corrected chi connectivity index (χ0v) is 10.7. The van der Waals surface area contributed by atoms with E-state index in [9.17, 15) is 0 Å². The summed E-state index contributed by atoms with van der Waals surface area (Å²) in [4.78, 5) is 4.62. The van der Waals surface area contributed by atoms with Crippen LogP contribution in [0, 0.1) is 0 Å². The SMILES string of the molecule is Clc1ccc2nc(NC3CNC3)c3nncn3c2c1. The molecule has 0 spiro atoms. The van der Waals surface area contributed by atoms with Gasteiger partial charge in [-0.05, 0) is 18.2 Å². The van der Waals surface area contributed by atoms with Crippen molar-refractivity contribution in [2.45, 2.75) is 6.04 Å². The van der Waals surface area contributed by atoms with Crippen molar-refractivity contribution in [1.82, 2.24) is 24.9 Å². The second-order valence-electron chi connectivity index (χ2n) is 4.62. The molecule has 1 saturated heterocycles. The topological polar surface area (TPSA) is 67.1 Å². The molecule has 0 bridgehead atoms. The summed E-state index contributed by atoms with van der Waals surface area (Å²) in [6.45, 7) is 1.89. The normalized spacial score (nSPS) is 15.8. The van der Waals surface area contributed by atoms with Crippen LogP contribution in [0.25, 0.3) is 16.7 Å². The van der Waals surface area contributed by atoms with Gasteiger partial charge in [0, 0.05) is 18.1 Å². The number of hydrogen-bond donors (Lipinski definition) is 2. The monoisotopic (exact) mass is 274 g/mol. The fraction of sp³-hybridized carbons (Fsp3) is 0.250. The van der Waals surface area contributed by atoms with Crippen LogP contribution in [0.15, 0.2) is 24.5 Å². The quantitative estimate of drug-likeness (QED) is 0.738. The zero-order valence-electron chi connectivity index (χ0n) is 9.97. The number of benzene rings is 1. The number of nitrogens with zero attached hydrogens (tertiary/aromatic N) is 4. The molecular weight excluding hydrogens is 264 g/mol. The van der Waals surface area contributed by atoms with E-state index in [1.807, 2.05) is 22.6 Å². The lowest BCUT2D eigenvalue weighted by Crippen LogP contribution is -2.51. The Bertz CT molecular complexity index is 763. The summed E-state index contributed by atoms with van der Waals surface area (Å²) in [5.41, 5.74) is 2.50. The highest BCUT2D eigenvalue weighted by atomic mass is 35.5. The number of fused-ring (bicyclic) bond motifs is 3. The van der Waals surface area contributed by atoms with Gasteiger partial charge >= 0.3 is 0 Å². The van der Waals surface area contributed by atoms with Crippen LogP contribution in [0.3, 0.4) is 0 Å². The molecule has 7 heteroatoms. The number of rotatable bonds is 2. The summed E-state index contributed by atoms with van der Waals surface area (Å²) in [5, 5.41) is 15.4. The molecule has 1 aliphatic rings. The first-order valence-electron chi connectivity index (χ1n) is 6.07. The van der Waals surface area contributed by atoms with Crippen LogP contribution in [-0.4, -0.2) is 38.7 Å². The van der Waals surface area contributed by atoms with Gasteiger partial charge in [0.25, 0.3) is 0 Å². The third-order valence-electron chi connectivity index (χ3n) is 3.31. The predicted molar refractivity (Wildman–Crippen MR) is 73.6 cm³/mol. The van der Waals surface area contributed by atoms with Crippen LogP contribution < -0.4 is 10.6 Å². The summed E-state index contributed by atoms with van der Waals surface area (Å²) in [6, 6.07) is 6.01. The van der Waals surface area contributed by atoms with E-state index in [2.05, 4.69) is 25.8 Å². The highest BCUT2D eigenvalue weighted by Crippen LogP contribution is 2.23. The molecule has 96 valence electrons. The van der Waals surface area contributed by atoms with E-state index in [0.29, 0.717) is 11.1 Å². The van der Waals surface area contributed by atoms with Gasteiger partial charge in [0.05, 0.1) is 17.1 Å². The molecule has 6 nitrogen and oxygen atoms in total. The van der Waals surface area contributed by atoms with Gasteiger partial charge in [0.1, 0.15) is 6.33 Å². The molecular formula is C12H11ClN6. The lowest BCUT2D eigenvalue weighted by Gasteiger charge is -2.28. The van der Waals surface area contributed by atoms with Gasteiger partial charge in [-0.2, -0.15) is 0 Å². The number of nitrogens with one attached hydrogen (secondary N) is 2. The first kappa shape index (κ1) is 11.0. The van der Waals surface area contributed by atoms with Gasteiger partial charge in [-0.25, -0.2) is 4.98 Å². The maximum atomic E-state index is 6.04. The molecule has 2 aromatic heterocycles. The van der Waals surface area contributed by atoms with Gasteiger partial charge in [0.2, 0.25) is 5.65 Å². The van der Waals surface area contributed by atoms with Crippen LogP contribution in [0.4, 0.5) is 5.82 Å². The Balaban J connectivity index is 1.95. The maximum Gasteiger partial charge on any atom is 0.203 e. The maximum absolute atomic E-state index is 6.04. The van der Waals surface area contributed by atoms with Crippen molar-refractivity contribution in [3.8, 4) is 0 Å². The third kappa shape index (κ3) is 1.72. The molecule has 2 N–H and O–H groups in total. The van der Waals surface area contributed by atoms with Crippen molar-refractivity contribution in [3.05, 3.63) is 29.5 Å². The number of aromatic nitrogens is 4. The Hall–Kier alpha value is -1.92. The van der Waals surface area contributed by atoms with Gasteiger partial charge < -0.3 is 10.6 Å². The molecule has 0 aliphatic carbocycles. The molecule has 0 atom stereocenters. The highest BCUT2D eigenvalue weighted by Gasteiger charge is 2.19. The summed E-state index contributed by atoms with van der Waals surface area (Å²) < 4.78 is 1.91. The molecule has 1 fully saturated rings. The van der Waals surface area contributed by atoms with Crippen LogP contribution in [-0.2, 0) is 0 Å². The summed E-state index contributed by atoms with van der Waals surface area (Å²) in [6.07, 6.45) is 1.68. The molecule has 3 heterocycles. The van der Waals surface area contributed by atoms with Crippen molar-refractivity contribution >= 4 is 34.1 Å². The largest absolute Gasteiger partial charge is 0.362 e. The molecule has 0 amide bonds. The Morgan fingerprint density at radius 2 is 2.26 bits per heavy atom. The van der Waals surface area contributed by atoms with Crippen LogP contribution in [0.2, 0.25) is 5.02 Å². The van der Waals surface area contributed by atoms with Gasteiger partial charge in [0.15, 0.2) is 5.82 Å². The van der Waals surface area contributed by atoms with Crippen molar-refractivity contribution in [2.75, 3.05) is 18.4 Å². The van der Waals surface area contributed by atoms with Crippen molar-refractivity contribution in [1.29, 1.82) is 0 Å². The molecule has 1 aliphatic heterocycles. The van der Waals surface area contributed by atoms with E-state index >= 15 is 0 Å². The second kappa shape index (κ2) is 4.04. The Labute approximate surface area is 113 Å². The molecule has 4 rings (SSSR count). The minimum Gasteiger partial charge on any atom is -0.362 e. The number of anilines is 1. The smallest absolute Gasteiger partial charge is 0.203 e. The van der Waals surface area contributed by atoms with Crippen molar-refractivity contribution < 1.29 is 0 Å². The average Bonchev–Trinajstić information content (AvgIpc) is 2.83. The van der Waals surface area contributed by atoms with E-state index in [1.54, 1.807) is 6.33 Å². The number of hydrogen-bond acceptors (Lipinski definition) is 5. The fourth-order valence-corrected chi connectivity index (χ4v) is 2.37. The van der Waals surface area contributed by atoms with Crippen LogP contribution in [0.1, 0.15) is 0 Å². The fourth-order valence-electron chi connectivity index (χ4n) is 2.21. The average molecular weight is 275 g/mol. The second-order valence-corrected chi connectivity index (χ2v) is 5.05. The van der Waals surface area contributed by atoms with Gasteiger partial charge in [-0.3, -0.25) is 4.40 Å². The molecule has 0 radical (unpaired) electrons. The van der Waals surface area contributed by atoms with E-state index in [1.165, 1.54) is 0 Å². The highest BCUT2D eigenvalue weighted by molar-refractivity contribution is 6.31. The Kier molecular flexibility index (Phi) is 2.33. The first-order valence-corrected chi connectivity index (χ1v) is 6.45. The van der Waals surface area contributed by atoms with Crippen molar-refractivity contribution in [2.24, 2.45) is 0 Å². The van der Waals surface area contributed by atoms with Crippen LogP contribution >= 0.6 is 11.6 Å². The Morgan fingerprint density at radius 1 is 1.37 bits per heavy atom. The minimum absolute atomic E-state index is 0.401. The number of halogens is 1. The zero-order chi connectivity index (χ0) is 12.8. The van der Waals surface area contributed by atoms with Gasteiger partial charge in [-0.1, -0.05) is 11.6 Å². The first-order chi connectivity index (χ1) is 9.31. The summed E-state index contributed by atoms with van der Waals surface area (Å²) in [5.74, 6) is 0.763. The molecule has 19 heavy (non-hydrogen) atoms. The summed E-state index contributed by atoms with van der Waals surface area (Å²) in [7, 11) is 0. The molecule has 0 unspecified atom stereocenters. The van der Waals surface area contributed by atoms with Crippen molar-refractivity contribution in [3.63, 3.8) is 0 Å². The molecule has 0 saturated carbocycles.